The average molecular weight is 562 g/mol. The quantitative estimate of drug-likeness (QED) is 0.579. The van der Waals surface area contributed by atoms with Gasteiger partial charge in [-0.3, -0.25) is 14.9 Å². The maximum atomic E-state index is 13.2. The average Bonchev–Trinajstić information content (AvgIpc) is 3.20. The molecule has 2 aliphatic rings. The Kier molecular flexibility index (Phi) is 8.26. The van der Waals surface area contributed by atoms with Crippen molar-refractivity contribution in [2.45, 2.75) is 38.1 Å². The number of fused-ring (bicyclic) bond motifs is 1. The van der Waals surface area contributed by atoms with Gasteiger partial charge in [-0.25, -0.2) is 13.2 Å². The van der Waals surface area contributed by atoms with Gasteiger partial charge in [0.15, 0.2) is 0 Å². The molecular weight excluding hydrogens is 526 g/mol. The molecule has 1 aromatic heterocycles. The zero-order valence-electron chi connectivity index (χ0n) is 22.4. The number of nitrogens with zero attached hydrogens (tertiary/aromatic N) is 3. The zero-order valence-corrected chi connectivity index (χ0v) is 24.0. The fourth-order valence-electron chi connectivity index (χ4n) is 5.04. The highest BCUT2D eigenvalue weighted by molar-refractivity contribution is 7.89. The van der Waals surface area contributed by atoms with Gasteiger partial charge >= 0.3 is 6.03 Å². The van der Waals surface area contributed by atoms with Gasteiger partial charge in [0.2, 0.25) is 10.0 Å². The van der Waals surface area contributed by atoms with E-state index in [1.807, 2.05) is 7.05 Å². The van der Waals surface area contributed by atoms with Crippen molar-refractivity contribution >= 4 is 44.2 Å². The van der Waals surface area contributed by atoms with Gasteiger partial charge in [-0.15, -0.1) is 11.3 Å². The molecule has 2 aliphatic heterocycles. The maximum Gasteiger partial charge on any atom is 0.323 e. The minimum absolute atomic E-state index is 0.146. The molecule has 0 spiro atoms. The van der Waals surface area contributed by atoms with Gasteiger partial charge in [0.05, 0.1) is 10.5 Å². The van der Waals surface area contributed by atoms with E-state index in [2.05, 4.69) is 29.4 Å². The summed E-state index contributed by atoms with van der Waals surface area (Å²) in [6.07, 6.45) is 1.62. The first-order chi connectivity index (χ1) is 17.9. The second-order valence-electron chi connectivity index (χ2n) is 10.6. The molecule has 2 aromatic rings. The number of urea groups is 1. The Morgan fingerprint density at radius 3 is 2.26 bits per heavy atom. The molecule has 0 aliphatic carbocycles. The summed E-state index contributed by atoms with van der Waals surface area (Å²) in [5.41, 5.74) is 1.40. The molecule has 10 nitrogen and oxygen atoms in total. The first-order valence-corrected chi connectivity index (χ1v) is 14.9. The van der Waals surface area contributed by atoms with Gasteiger partial charge in [-0.1, -0.05) is 13.8 Å². The highest BCUT2D eigenvalue weighted by Gasteiger charge is 2.32. The molecule has 2 unspecified atom stereocenters. The molecule has 1 saturated heterocycles. The minimum Gasteiger partial charge on any atom is -0.331 e. The predicted octanol–water partition coefficient (Wildman–Crippen LogP) is 3.07. The summed E-state index contributed by atoms with van der Waals surface area (Å²) >= 11 is 1.32. The van der Waals surface area contributed by atoms with E-state index in [1.165, 1.54) is 44.8 Å². The smallest absolute Gasteiger partial charge is 0.323 e. The molecule has 2 atom stereocenters. The fourth-order valence-corrected chi connectivity index (χ4v) is 8.04. The van der Waals surface area contributed by atoms with Gasteiger partial charge in [0.1, 0.15) is 5.00 Å². The number of hydrogen-bond acceptors (Lipinski definition) is 7. The van der Waals surface area contributed by atoms with E-state index in [4.69, 9.17) is 0 Å². The van der Waals surface area contributed by atoms with Gasteiger partial charge < -0.3 is 15.1 Å². The van der Waals surface area contributed by atoms with Crippen LogP contribution < -0.4 is 10.6 Å². The van der Waals surface area contributed by atoms with Crippen LogP contribution in [0.4, 0.5) is 9.80 Å². The Morgan fingerprint density at radius 1 is 1.03 bits per heavy atom. The lowest BCUT2D eigenvalue weighted by Gasteiger charge is -2.34. The number of benzene rings is 1. The largest absolute Gasteiger partial charge is 0.331 e. The van der Waals surface area contributed by atoms with Gasteiger partial charge in [-0.2, -0.15) is 4.31 Å². The van der Waals surface area contributed by atoms with Crippen molar-refractivity contribution in [2.75, 3.05) is 46.1 Å². The van der Waals surface area contributed by atoms with Crippen molar-refractivity contribution in [2.24, 2.45) is 11.8 Å². The maximum absolute atomic E-state index is 13.2. The van der Waals surface area contributed by atoms with E-state index in [-0.39, 0.29) is 22.3 Å². The summed E-state index contributed by atoms with van der Waals surface area (Å²) in [4.78, 5) is 42.9. The van der Waals surface area contributed by atoms with Crippen LogP contribution in [0.3, 0.4) is 0 Å². The topological polar surface area (TPSA) is 119 Å². The van der Waals surface area contributed by atoms with Crippen molar-refractivity contribution in [3.8, 4) is 0 Å². The second kappa shape index (κ2) is 11.1. The van der Waals surface area contributed by atoms with Crippen LogP contribution in [0.5, 0.6) is 0 Å². The SMILES string of the molecule is CC1CC(C)CN(S(=O)(=O)c2ccc(C(=O)Nc3sc4c(c3C(=O)NC(=O)N(C)C)CCN(C)C4)cc2)C1. The van der Waals surface area contributed by atoms with E-state index in [0.717, 1.165) is 23.4 Å². The summed E-state index contributed by atoms with van der Waals surface area (Å²) in [6, 6.07) is 5.32. The molecule has 38 heavy (non-hydrogen) atoms. The van der Waals surface area contributed by atoms with Crippen LogP contribution in [0.1, 0.15) is 51.4 Å². The number of hydrogen-bond donors (Lipinski definition) is 2. The lowest BCUT2D eigenvalue weighted by molar-refractivity contribution is 0.0956. The van der Waals surface area contributed by atoms with Crippen LogP contribution >= 0.6 is 11.3 Å². The molecule has 0 radical (unpaired) electrons. The Hall–Kier alpha value is -2.80. The highest BCUT2D eigenvalue weighted by atomic mass is 32.2. The Balaban J connectivity index is 1.56. The highest BCUT2D eigenvalue weighted by Crippen LogP contribution is 2.37. The van der Waals surface area contributed by atoms with Gasteiger partial charge in [0.25, 0.3) is 11.8 Å². The number of piperidine rings is 1. The molecule has 4 rings (SSSR count). The molecule has 3 heterocycles. The summed E-state index contributed by atoms with van der Waals surface area (Å²) in [5, 5.41) is 5.58. The third-order valence-corrected chi connectivity index (χ3v) is 9.90. The normalized spacial score (nSPS) is 20.4. The van der Waals surface area contributed by atoms with Crippen LogP contribution in [0.2, 0.25) is 0 Å². The first-order valence-electron chi connectivity index (χ1n) is 12.6. The Morgan fingerprint density at radius 2 is 1.66 bits per heavy atom. The number of imide groups is 1. The number of carbonyl (C=O) groups excluding carboxylic acids is 3. The number of rotatable bonds is 5. The summed E-state index contributed by atoms with van der Waals surface area (Å²) in [7, 11) is 1.40. The number of sulfonamides is 1. The van der Waals surface area contributed by atoms with Crippen LogP contribution in [-0.4, -0.2) is 81.1 Å². The fraction of sp³-hybridized carbons (Fsp3) is 0.500. The Bertz CT molecular complexity index is 1330. The lowest BCUT2D eigenvalue weighted by atomic mass is 9.94. The summed E-state index contributed by atoms with van der Waals surface area (Å²) in [5.74, 6) is -0.453. The van der Waals surface area contributed by atoms with E-state index in [0.29, 0.717) is 36.6 Å². The second-order valence-corrected chi connectivity index (χ2v) is 13.6. The van der Waals surface area contributed by atoms with Crippen molar-refractivity contribution in [3.05, 3.63) is 45.8 Å². The molecule has 2 N–H and O–H groups in total. The van der Waals surface area contributed by atoms with Crippen LogP contribution in [0, 0.1) is 11.8 Å². The van der Waals surface area contributed by atoms with E-state index in [9.17, 15) is 22.8 Å². The molecule has 12 heteroatoms. The predicted molar refractivity (Wildman–Crippen MR) is 147 cm³/mol. The number of carbonyl (C=O) groups is 3. The standard InChI is InChI=1S/C26H35N5O5S2/c1-16-12-17(2)14-31(13-16)38(35,36)19-8-6-18(7-9-19)23(32)27-25-22(24(33)28-26(34)29(3)4)20-10-11-30(5)15-21(20)37-25/h6-9,16-17H,10-15H2,1-5H3,(H,27,32)(H,28,33,34). The number of likely N-dealkylation sites (N-methyl/N-ethyl adjacent to an activating group) is 1. The number of amides is 4. The lowest BCUT2D eigenvalue weighted by Crippen LogP contribution is -2.42. The Labute approximate surface area is 228 Å². The monoisotopic (exact) mass is 561 g/mol. The minimum atomic E-state index is -3.66. The van der Waals surface area contributed by atoms with Crippen molar-refractivity contribution < 1.29 is 22.8 Å². The van der Waals surface area contributed by atoms with Crippen LogP contribution in [0.25, 0.3) is 0 Å². The third-order valence-electron chi connectivity index (χ3n) is 6.92. The molecule has 1 aromatic carbocycles. The van der Waals surface area contributed by atoms with Crippen molar-refractivity contribution in [3.63, 3.8) is 0 Å². The molecule has 0 saturated carbocycles. The van der Waals surface area contributed by atoms with Crippen LogP contribution in [-0.2, 0) is 23.0 Å². The van der Waals surface area contributed by atoms with Crippen molar-refractivity contribution in [1.29, 1.82) is 0 Å². The van der Waals surface area contributed by atoms with E-state index < -0.39 is 27.9 Å². The molecule has 4 amide bonds. The molecular formula is C26H35N5O5S2. The van der Waals surface area contributed by atoms with Gasteiger partial charge in [-0.05, 0) is 61.6 Å². The van der Waals surface area contributed by atoms with Gasteiger partial charge in [0, 0.05) is 50.7 Å². The summed E-state index contributed by atoms with van der Waals surface area (Å²) in [6.45, 7) is 6.46. The summed E-state index contributed by atoms with van der Waals surface area (Å²) < 4.78 is 27.9. The van der Waals surface area contributed by atoms with E-state index >= 15 is 0 Å². The van der Waals surface area contributed by atoms with Crippen LogP contribution in [0.15, 0.2) is 29.2 Å². The number of nitrogens with one attached hydrogen (secondary N) is 2. The zero-order chi connectivity index (χ0) is 27.8. The number of anilines is 1. The van der Waals surface area contributed by atoms with Crippen molar-refractivity contribution in [1.82, 2.24) is 19.4 Å². The number of thiophene rings is 1. The molecule has 206 valence electrons. The van der Waals surface area contributed by atoms with E-state index in [1.54, 1.807) is 14.1 Å². The first kappa shape index (κ1) is 28.2. The molecule has 0 bridgehead atoms. The molecule has 1 fully saturated rings. The third kappa shape index (κ3) is 5.93.